The quantitative estimate of drug-likeness (QED) is 0.145. The second-order valence-electron chi connectivity index (χ2n) is 16.0. The molecule has 2 heteroatoms. The molecule has 0 unspecified atom stereocenters. The number of nitrogens with zero attached hydrogens (tertiary/aromatic N) is 2. The SMILES string of the molecule is c1ccc(-c2nc(-c3ccccc3-c3c(-c4ccccc4)c(-c4ccccc4)c(-c4ccccc4)c(-c4ccccc4)c3-c3ccccc3)cc(-c3cccc4ccccc34)n2)cc1. The fraction of sp³-hybridized carbons (Fsp3) is 0. The van der Waals surface area contributed by atoms with Gasteiger partial charge in [-0.2, -0.15) is 0 Å². The van der Waals surface area contributed by atoms with Crippen LogP contribution in [-0.2, 0) is 0 Å². The number of benzene rings is 10. The molecule has 0 bridgehead atoms. The zero-order valence-corrected chi connectivity index (χ0v) is 35.1. The molecule has 0 aliphatic carbocycles. The second-order valence-corrected chi connectivity index (χ2v) is 16.0. The van der Waals surface area contributed by atoms with Gasteiger partial charge < -0.3 is 0 Å². The van der Waals surface area contributed by atoms with E-state index in [0.29, 0.717) is 5.82 Å². The number of hydrogen-bond donors (Lipinski definition) is 0. The van der Waals surface area contributed by atoms with E-state index >= 15 is 0 Å². The summed E-state index contributed by atoms with van der Waals surface area (Å²) in [5.41, 5.74) is 18.5. The molecular weight excluding hydrogens is 773 g/mol. The van der Waals surface area contributed by atoms with Crippen molar-refractivity contribution in [2.24, 2.45) is 0 Å². The summed E-state index contributed by atoms with van der Waals surface area (Å²) in [6.45, 7) is 0. The molecule has 10 aromatic carbocycles. The van der Waals surface area contributed by atoms with Crippen molar-refractivity contribution in [2.75, 3.05) is 0 Å². The molecule has 0 spiro atoms. The van der Waals surface area contributed by atoms with Crippen LogP contribution in [0.5, 0.6) is 0 Å². The van der Waals surface area contributed by atoms with Crippen molar-refractivity contribution in [3.8, 4) is 101 Å². The first kappa shape index (κ1) is 38.5. The van der Waals surface area contributed by atoms with Crippen molar-refractivity contribution in [1.29, 1.82) is 0 Å². The van der Waals surface area contributed by atoms with Crippen LogP contribution in [0, 0.1) is 0 Å². The Balaban J connectivity index is 1.33. The Kier molecular flexibility index (Phi) is 10.3. The minimum Gasteiger partial charge on any atom is -0.228 e. The van der Waals surface area contributed by atoms with Gasteiger partial charge >= 0.3 is 0 Å². The highest BCUT2D eigenvalue weighted by atomic mass is 14.9. The van der Waals surface area contributed by atoms with Gasteiger partial charge in [-0.05, 0) is 83.6 Å². The van der Waals surface area contributed by atoms with E-state index in [4.69, 9.17) is 9.97 Å². The van der Waals surface area contributed by atoms with Gasteiger partial charge in [0.25, 0.3) is 0 Å². The van der Waals surface area contributed by atoms with Crippen molar-refractivity contribution < 1.29 is 0 Å². The van der Waals surface area contributed by atoms with Crippen LogP contribution < -0.4 is 0 Å². The smallest absolute Gasteiger partial charge is 0.160 e. The van der Waals surface area contributed by atoms with Crippen molar-refractivity contribution in [3.63, 3.8) is 0 Å². The van der Waals surface area contributed by atoms with Gasteiger partial charge in [-0.25, -0.2) is 9.97 Å². The molecule has 0 saturated heterocycles. The lowest BCUT2D eigenvalue weighted by Gasteiger charge is -2.29. The van der Waals surface area contributed by atoms with Crippen molar-refractivity contribution in [2.45, 2.75) is 0 Å². The highest BCUT2D eigenvalue weighted by Gasteiger charge is 2.30. The molecule has 0 saturated carbocycles. The number of hydrogen-bond acceptors (Lipinski definition) is 2. The summed E-state index contributed by atoms with van der Waals surface area (Å²) >= 11 is 0. The number of fused-ring (bicyclic) bond motifs is 1. The third-order valence-electron chi connectivity index (χ3n) is 12.1. The number of aromatic nitrogens is 2. The van der Waals surface area contributed by atoms with E-state index in [-0.39, 0.29) is 0 Å². The zero-order chi connectivity index (χ0) is 42.7. The fourth-order valence-corrected chi connectivity index (χ4v) is 9.30. The van der Waals surface area contributed by atoms with Gasteiger partial charge in [0.2, 0.25) is 0 Å². The van der Waals surface area contributed by atoms with Crippen LogP contribution in [0.15, 0.2) is 255 Å². The van der Waals surface area contributed by atoms with Crippen LogP contribution in [0.4, 0.5) is 0 Å². The lowest BCUT2D eigenvalue weighted by Crippen LogP contribution is -2.03. The molecule has 0 radical (unpaired) electrons. The molecule has 0 atom stereocenters. The molecular formula is C62H42N2. The van der Waals surface area contributed by atoms with E-state index in [1.165, 1.54) is 22.1 Å². The van der Waals surface area contributed by atoms with Gasteiger partial charge in [-0.15, -0.1) is 0 Å². The Hall–Kier alpha value is -8.46. The van der Waals surface area contributed by atoms with Crippen LogP contribution in [-0.4, -0.2) is 9.97 Å². The van der Waals surface area contributed by atoms with Crippen LogP contribution in [0.2, 0.25) is 0 Å². The molecule has 0 N–H and O–H groups in total. The van der Waals surface area contributed by atoms with Gasteiger partial charge in [0.05, 0.1) is 11.4 Å². The van der Waals surface area contributed by atoms with E-state index in [9.17, 15) is 0 Å². The lowest BCUT2D eigenvalue weighted by molar-refractivity contribution is 1.19. The van der Waals surface area contributed by atoms with Gasteiger partial charge in [0, 0.05) is 16.7 Å². The van der Waals surface area contributed by atoms with E-state index in [0.717, 1.165) is 83.5 Å². The molecule has 1 aromatic heterocycles. The largest absolute Gasteiger partial charge is 0.228 e. The molecule has 11 aromatic rings. The third-order valence-corrected chi connectivity index (χ3v) is 12.1. The monoisotopic (exact) mass is 814 g/mol. The maximum Gasteiger partial charge on any atom is 0.160 e. The Labute approximate surface area is 374 Å². The van der Waals surface area contributed by atoms with Crippen LogP contribution in [0.1, 0.15) is 0 Å². The maximum absolute atomic E-state index is 5.49. The zero-order valence-electron chi connectivity index (χ0n) is 35.1. The standard InChI is InChI=1S/C62H42N2/c1-7-25-44(26-8-1)56-57(45-27-9-2-10-28-45)59(47-31-13-4-14-32-47)61(60(48-33-15-5-16-34-48)58(56)46-29-11-3-12-30-46)53-40-22-21-39-52(53)55-42-54(63-62(64-55)49-35-17-6-18-36-49)51-41-23-37-43-24-19-20-38-50(43)51/h1-42H. The summed E-state index contributed by atoms with van der Waals surface area (Å²) in [6, 6.07) is 91.0. The van der Waals surface area contributed by atoms with Gasteiger partial charge in [-0.3, -0.25) is 0 Å². The van der Waals surface area contributed by atoms with Gasteiger partial charge in [0.1, 0.15) is 0 Å². The van der Waals surface area contributed by atoms with E-state index in [1.807, 2.05) is 6.07 Å². The van der Waals surface area contributed by atoms with E-state index in [1.54, 1.807) is 0 Å². The average Bonchev–Trinajstić information content (AvgIpc) is 3.39. The van der Waals surface area contributed by atoms with Gasteiger partial charge in [0.15, 0.2) is 5.82 Å². The molecule has 11 rings (SSSR count). The Morgan fingerprint density at radius 3 is 0.984 bits per heavy atom. The molecule has 0 aliphatic rings. The summed E-state index contributed by atoms with van der Waals surface area (Å²) < 4.78 is 0. The molecule has 0 aliphatic heterocycles. The molecule has 0 fully saturated rings. The Morgan fingerprint density at radius 1 is 0.219 bits per heavy atom. The second kappa shape index (κ2) is 17.1. The molecule has 1 heterocycles. The summed E-state index contributed by atoms with van der Waals surface area (Å²) in [7, 11) is 0. The summed E-state index contributed by atoms with van der Waals surface area (Å²) in [5.74, 6) is 0.678. The minimum atomic E-state index is 0.678. The normalized spacial score (nSPS) is 11.1. The topological polar surface area (TPSA) is 25.8 Å². The summed E-state index contributed by atoms with van der Waals surface area (Å²) in [4.78, 5) is 10.8. The Morgan fingerprint density at radius 2 is 0.531 bits per heavy atom. The average molecular weight is 815 g/mol. The van der Waals surface area contributed by atoms with Crippen molar-refractivity contribution in [1.82, 2.24) is 9.97 Å². The van der Waals surface area contributed by atoms with Crippen molar-refractivity contribution in [3.05, 3.63) is 255 Å². The van der Waals surface area contributed by atoms with Crippen molar-refractivity contribution >= 4 is 10.8 Å². The van der Waals surface area contributed by atoms with Crippen LogP contribution in [0.25, 0.3) is 111 Å². The molecule has 300 valence electrons. The molecule has 2 nitrogen and oxygen atoms in total. The van der Waals surface area contributed by atoms with E-state index in [2.05, 4.69) is 249 Å². The van der Waals surface area contributed by atoms with Crippen LogP contribution in [0.3, 0.4) is 0 Å². The first-order valence-corrected chi connectivity index (χ1v) is 21.8. The first-order chi connectivity index (χ1) is 31.8. The fourth-order valence-electron chi connectivity index (χ4n) is 9.30. The first-order valence-electron chi connectivity index (χ1n) is 21.8. The highest BCUT2D eigenvalue weighted by Crippen LogP contribution is 2.57. The highest BCUT2D eigenvalue weighted by molar-refractivity contribution is 6.16. The predicted molar refractivity (Wildman–Crippen MR) is 268 cm³/mol. The molecule has 0 amide bonds. The Bertz CT molecular complexity index is 3280. The lowest BCUT2D eigenvalue weighted by atomic mass is 9.73. The van der Waals surface area contributed by atoms with E-state index < -0.39 is 0 Å². The maximum atomic E-state index is 5.49. The van der Waals surface area contributed by atoms with Crippen LogP contribution >= 0.6 is 0 Å². The summed E-state index contributed by atoms with van der Waals surface area (Å²) in [5, 5.41) is 2.32. The summed E-state index contributed by atoms with van der Waals surface area (Å²) in [6.07, 6.45) is 0. The number of rotatable bonds is 9. The predicted octanol–water partition coefficient (Wildman–Crippen LogP) is 16.6. The third kappa shape index (κ3) is 7.17. The van der Waals surface area contributed by atoms with Gasteiger partial charge in [-0.1, -0.05) is 249 Å². The molecule has 64 heavy (non-hydrogen) atoms. The minimum absolute atomic E-state index is 0.678.